The minimum Gasteiger partial charge on any atom is -0.480 e. The molecule has 18 heavy (non-hydrogen) atoms. The number of rotatable bonds is 7. The van der Waals surface area contributed by atoms with Crippen LogP contribution in [0.1, 0.15) is 52.4 Å². The molecule has 0 bridgehead atoms. The molecule has 2 fully saturated rings. The summed E-state index contributed by atoms with van der Waals surface area (Å²) in [6.45, 7) is 5.54. The van der Waals surface area contributed by atoms with Gasteiger partial charge in [0.05, 0.1) is 0 Å². The van der Waals surface area contributed by atoms with Gasteiger partial charge in [0.25, 0.3) is 0 Å². The number of carboxylic acid groups (broad SMARTS) is 1. The van der Waals surface area contributed by atoms with E-state index in [4.69, 9.17) is 0 Å². The quantitative estimate of drug-likeness (QED) is 0.728. The van der Waals surface area contributed by atoms with E-state index in [2.05, 4.69) is 17.1 Å². The van der Waals surface area contributed by atoms with Crippen molar-refractivity contribution in [3.8, 4) is 0 Å². The van der Waals surface area contributed by atoms with Crippen molar-refractivity contribution < 1.29 is 9.90 Å². The molecule has 0 spiro atoms. The molecule has 4 heteroatoms. The van der Waals surface area contributed by atoms with E-state index in [9.17, 15) is 9.90 Å². The summed E-state index contributed by atoms with van der Waals surface area (Å²) in [6, 6.07) is 1.02. The number of nitrogens with one attached hydrogen (secondary N) is 1. The third-order valence-corrected chi connectivity index (χ3v) is 4.34. The summed E-state index contributed by atoms with van der Waals surface area (Å²) >= 11 is 0. The van der Waals surface area contributed by atoms with Gasteiger partial charge in [-0.05, 0) is 39.2 Å². The highest BCUT2D eigenvalue weighted by atomic mass is 16.4. The molecule has 1 unspecified atom stereocenters. The Balaban J connectivity index is 1.98. The highest BCUT2D eigenvalue weighted by Gasteiger charge is 2.40. The average molecular weight is 254 g/mol. The monoisotopic (exact) mass is 254 g/mol. The van der Waals surface area contributed by atoms with Crippen molar-refractivity contribution in [3.05, 3.63) is 0 Å². The van der Waals surface area contributed by atoms with Crippen molar-refractivity contribution in [1.82, 2.24) is 10.2 Å². The van der Waals surface area contributed by atoms with Gasteiger partial charge >= 0.3 is 5.97 Å². The Morgan fingerprint density at radius 2 is 1.94 bits per heavy atom. The molecule has 1 atom stereocenters. The standard InChI is InChI=1S/C14H26N2O2/c1-3-16(12-6-4-5-7-12)10-14(2,13(17)18)15-11-8-9-11/h11-12,15H,3-10H2,1-2H3,(H,17,18). The van der Waals surface area contributed by atoms with Crippen LogP contribution in [0.2, 0.25) is 0 Å². The van der Waals surface area contributed by atoms with Crippen molar-refractivity contribution in [1.29, 1.82) is 0 Å². The zero-order valence-corrected chi connectivity index (χ0v) is 11.6. The molecule has 2 aliphatic carbocycles. The van der Waals surface area contributed by atoms with Crippen molar-refractivity contribution in [2.45, 2.75) is 70.0 Å². The normalized spacial score (nSPS) is 24.4. The second-order valence-corrected chi connectivity index (χ2v) is 6.06. The Morgan fingerprint density at radius 3 is 2.39 bits per heavy atom. The second-order valence-electron chi connectivity index (χ2n) is 6.06. The van der Waals surface area contributed by atoms with Crippen molar-refractivity contribution in [2.24, 2.45) is 0 Å². The molecule has 0 aliphatic heterocycles. The van der Waals surface area contributed by atoms with Crippen molar-refractivity contribution in [2.75, 3.05) is 13.1 Å². The van der Waals surface area contributed by atoms with Gasteiger partial charge in [0, 0.05) is 18.6 Å². The number of hydrogen-bond acceptors (Lipinski definition) is 3. The Labute approximate surface area is 110 Å². The van der Waals surface area contributed by atoms with E-state index in [1.807, 2.05) is 6.92 Å². The summed E-state index contributed by atoms with van der Waals surface area (Å²) in [6.07, 6.45) is 7.29. The summed E-state index contributed by atoms with van der Waals surface area (Å²) in [7, 11) is 0. The summed E-state index contributed by atoms with van der Waals surface area (Å²) in [4.78, 5) is 13.9. The van der Waals surface area contributed by atoms with Gasteiger partial charge in [0.1, 0.15) is 5.54 Å². The first-order valence-electron chi connectivity index (χ1n) is 7.30. The predicted octanol–water partition coefficient (Wildman–Crippen LogP) is 1.85. The molecule has 4 nitrogen and oxygen atoms in total. The first-order valence-corrected chi connectivity index (χ1v) is 7.30. The average Bonchev–Trinajstić information content (AvgIpc) is 2.97. The maximum absolute atomic E-state index is 11.6. The van der Waals surface area contributed by atoms with Gasteiger partial charge in [-0.25, -0.2) is 0 Å². The zero-order chi connectivity index (χ0) is 13.2. The van der Waals surface area contributed by atoms with Gasteiger partial charge in [0.15, 0.2) is 0 Å². The molecule has 0 aromatic rings. The third-order valence-electron chi connectivity index (χ3n) is 4.34. The van der Waals surface area contributed by atoms with Crippen LogP contribution in [0.15, 0.2) is 0 Å². The van der Waals surface area contributed by atoms with Gasteiger partial charge in [-0.2, -0.15) is 0 Å². The molecule has 0 radical (unpaired) electrons. The lowest BCUT2D eigenvalue weighted by Crippen LogP contribution is -2.58. The first kappa shape index (κ1) is 13.8. The van der Waals surface area contributed by atoms with Crippen LogP contribution in [0.4, 0.5) is 0 Å². The fourth-order valence-corrected chi connectivity index (χ4v) is 3.03. The molecule has 0 aromatic carbocycles. The summed E-state index contributed by atoms with van der Waals surface area (Å²) in [5.41, 5.74) is -0.792. The SMILES string of the molecule is CCN(CC(C)(NC1CC1)C(=O)O)C1CCCC1. The smallest absolute Gasteiger partial charge is 0.324 e. The molecule has 0 heterocycles. The van der Waals surface area contributed by atoms with Crippen LogP contribution in [0.3, 0.4) is 0 Å². The molecule has 0 amide bonds. The molecule has 0 aromatic heterocycles. The molecule has 0 saturated heterocycles. The molecule has 2 saturated carbocycles. The molecule has 2 rings (SSSR count). The van der Waals surface area contributed by atoms with E-state index >= 15 is 0 Å². The molecule has 2 aliphatic rings. The fraction of sp³-hybridized carbons (Fsp3) is 0.929. The lowest BCUT2D eigenvalue weighted by atomic mass is 10.00. The van der Waals surface area contributed by atoms with E-state index in [1.54, 1.807) is 0 Å². The number of nitrogens with zero attached hydrogens (tertiary/aromatic N) is 1. The van der Waals surface area contributed by atoms with Gasteiger partial charge in [-0.3, -0.25) is 15.0 Å². The van der Waals surface area contributed by atoms with Crippen LogP contribution in [0, 0.1) is 0 Å². The molecular formula is C14H26N2O2. The van der Waals surface area contributed by atoms with E-state index in [-0.39, 0.29) is 0 Å². The Bertz CT molecular complexity index is 298. The summed E-state index contributed by atoms with van der Waals surface area (Å²) < 4.78 is 0. The van der Waals surface area contributed by atoms with Crippen LogP contribution >= 0.6 is 0 Å². The van der Waals surface area contributed by atoms with Crippen LogP contribution in [0.5, 0.6) is 0 Å². The maximum atomic E-state index is 11.6. The minimum absolute atomic E-state index is 0.424. The molecule has 2 N–H and O–H groups in total. The van der Waals surface area contributed by atoms with E-state index in [0.717, 1.165) is 19.4 Å². The molecule has 104 valence electrons. The van der Waals surface area contributed by atoms with Gasteiger partial charge in [0.2, 0.25) is 0 Å². The van der Waals surface area contributed by atoms with Crippen LogP contribution in [-0.4, -0.2) is 46.7 Å². The lowest BCUT2D eigenvalue weighted by Gasteiger charge is -2.36. The number of carboxylic acids is 1. The summed E-state index contributed by atoms with van der Waals surface area (Å²) in [5, 5.41) is 12.8. The zero-order valence-electron chi connectivity index (χ0n) is 11.6. The van der Waals surface area contributed by atoms with Crippen LogP contribution in [0.25, 0.3) is 0 Å². The fourth-order valence-electron chi connectivity index (χ4n) is 3.03. The van der Waals surface area contributed by atoms with Crippen molar-refractivity contribution >= 4 is 5.97 Å². The Morgan fingerprint density at radius 1 is 1.33 bits per heavy atom. The minimum atomic E-state index is -0.792. The second kappa shape index (κ2) is 5.57. The molecular weight excluding hydrogens is 228 g/mol. The Hall–Kier alpha value is -0.610. The summed E-state index contributed by atoms with van der Waals surface area (Å²) in [5.74, 6) is -0.717. The topological polar surface area (TPSA) is 52.6 Å². The van der Waals surface area contributed by atoms with Crippen molar-refractivity contribution in [3.63, 3.8) is 0 Å². The van der Waals surface area contributed by atoms with Crippen LogP contribution in [-0.2, 0) is 4.79 Å². The predicted molar refractivity (Wildman–Crippen MR) is 71.7 cm³/mol. The first-order chi connectivity index (χ1) is 8.55. The maximum Gasteiger partial charge on any atom is 0.324 e. The number of carbonyl (C=O) groups is 1. The van der Waals surface area contributed by atoms with Crippen LogP contribution < -0.4 is 5.32 Å². The third kappa shape index (κ3) is 3.23. The lowest BCUT2D eigenvalue weighted by molar-refractivity contribution is -0.145. The number of hydrogen-bond donors (Lipinski definition) is 2. The largest absolute Gasteiger partial charge is 0.480 e. The van der Waals surface area contributed by atoms with E-state index < -0.39 is 11.5 Å². The van der Waals surface area contributed by atoms with E-state index in [0.29, 0.717) is 18.6 Å². The highest BCUT2D eigenvalue weighted by molar-refractivity contribution is 5.78. The Kier molecular flexibility index (Phi) is 4.28. The van der Waals surface area contributed by atoms with Gasteiger partial charge < -0.3 is 5.11 Å². The number of aliphatic carboxylic acids is 1. The number of likely N-dealkylation sites (N-methyl/N-ethyl adjacent to an activating group) is 1. The van der Waals surface area contributed by atoms with Gasteiger partial charge in [-0.15, -0.1) is 0 Å². The highest BCUT2D eigenvalue weighted by Crippen LogP contribution is 2.27. The van der Waals surface area contributed by atoms with Gasteiger partial charge in [-0.1, -0.05) is 19.8 Å². The van der Waals surface area contributed by atoms with E-state index in [1.165, 1.54) is 25.7 Å².